The Morgan fingerprint density at radius 3 is 2.84 bits per heavy atom. The van der Waals surface area contributed by atoms with Crippen LogP contribution in [0.3, 0.4) is 0 Å². The number of fused-ring (bicyclic) bond motifs is 1. The largest absolute Gasteiger partial charge is 0.394 e. The second-order valence-electron chi connectivity index (χ2n) is 7.28. The van der Waals surface area contributed by atoms with E-state index in [0.29, 0.717) is 34.7 Å². The van der Waals surface area contributed by atoms with Gasteiger partial charge in [-0.1, -0.05) is 19.6 Å². The SMILES string of the molecule is CC(CO)NC(=O)c1cn(COCC[Si](C)(C)C)c2ncc(Br)nc12. The van der Waals surface area contributed by atoms with Crippen molar-refractivity contribution >= 4 is 41.1 Å². The number of nitrogens with zero attached hydrogens (tertiary/aromatic N) is 3. The van der Waals surface area contributed by atoms with Gasteiger partial charge in [0, 0.05) is 26.9 Å². The van der Waals surface area contributed by atoms with E-state index >= 15 is 0 Å². The molecule has 7 nitrogen and oxygen atoms in total. The van der Waals surface area contributed by atoms with Crippen molar-refractivity contribution in [2.45, 2.75) is 45.4 Å². The maximum atomic E-state index is 12.5. The van der Waals surface area contributed by atoms with Gasteiger partial charge >= 0.3 is 0 Å². The zero-order valence-corrected chi connectivity index (χ0v) is 17.6. The van der Waals surface area contributed by atoms with Crippen LogP contribution in [-0.2, 0) is 11.5 Å². The van der Waals surface area contributed by atoms with E-state index < -0.39 is 8.07 Å². The summed E-state index contributed by atoms with van der Waals surface area (Å²) in [6.45, 7) is 9.51. The number of ether oxygens (including phenoxy) is 1. The summed E-state index contributed by atoms with van der Waals surface area (Å²) in [5.41, 5.74) is 1.52. The van der Waals surface area contributed by atoms with Crippen LogP contribution in [0.4, 0.5) is 0 Å². The Balaban J connectivity index is 2.21. The Labute approximate surface area is 156 Å². The van der Waals surface area contributed by atoms with Crippen LogP contribution in [0.1, 0.15) is 17.3 Å². The van der Waals surface area contributed by atoms with Crippen LogP contribution >= 0.6 is 15.9 Å². The fraction of sp³-hybridized carbons (Fsp3) is 0.562. The third-order valence-electron chi connectivity index (χ3n) is 3.66. The van der Waals surface area contributed by atoms with Crippen LogP contribution in [0.2, 0.25) is 25.7 Å². The van der Waals surface area contributed by atoms with Gasteiger partial charge in [-0.2, -0.15) is 0 Å². The highest BCUT2D eigenvalue weighted by Gasteiger charge is 2.19. The number of aliphatic hydroxyl groups excluding tert-OH is 1. The van der Waals surface area contributed by atoms with Crippen molar-refractivity contribution in [3.05, 3.63) is 22.6 Å². The highest BCUT2D eigenvalue weighted by atomic mass is 79.9. The van der Waals surface area contributed by atoms with Crippen molar-refractivity contribution in [1.82, 2.24) is 19.9 Å². The van der Waals surface area contributed by atoms with E-state index in [4.69, 9.17) is 9.84 Å². The molecule has 2 aromatic heterocycles. The van der Waals surface area contributed by atoms with Crippen LogP contribution in [0, 0.1) is 0 Å². The summed E-state index contributed by atoms with van der Waals surface area (Å²) in [5, 5.41) is 11.9. The minimum atomic E-state index is -1.15. The van der Waals surface area contributed by atoms with Gasteiger partial charge in [0.1, 0.15) is 16.9 Å². The number of carbonyl (C=O) groups is 1. The molecule has 1 unspecified atom stereocenters. The number of hydrogen-bond acceptors (Lipinski definition) is 5. The van der Waals surface area contributed by atoms with E-state index in [-0.39, 0.29) is 18.6 Å². The lowest BCUT2D eigenvalue weighted by molar-refractivity contribution is 0.0886. The molecule has 2 N–H and O–H groups in total. The Hall–Kier alpha value is -1.29. The molecule has 2 aromatic rings. The number of aromatic nitrogens is 3. The van der Waals surface area contributed by atoms with Crippen molar-refractivity contribution in [2.24, 2.45) is 0 Å². The Morgan fingerprint density at radius 1 is 1.48 bits per heavy atom. The first-order valence-corrected chi connectivity index (χ1v) is 12.7. The summed E-state index contributed by atoms with van der Waals surface area (Å²) >= 11 is 3.29. The molecule has 9 heteroatoms. The molecule has 138 valence electrons. The average Bonchev–Trinajstić information content (AvgIpc) is 2.88. The first-order valence-electron chi connectivity index (χ1n) is 8.22. The van der Waals surface area contributed by atoms with E-state index in [9.17, 15) is 4.79 Å². The van der Waals surface area contributed by atoms with Gasteiger partial charge in [-0.25, -0.2) is 9.97 Å². The van der Waals surface area contributed by atoms with Crippen LogP contribution in [0.5, 0.6) is 0 Å². The fourth-order valence-electron chi connectivity index (χ4n) is 2.18. The molecule has 0 bridgehead atoms. The number of halogens is 1. The molecular weight excluding hydrogens is 404 g/mol. The number of amides is 1. The molecular formula is C16H25BrN4O3Si. The number of rotatable bonds is 8. The molecule has 0 spiro atoms. The molecule has 0 saturated heterocycles. The summed E-state index contributed by atoms with van der Waals surface area (Å²) < 4.78 is 8.12. The van der Waals surface area contributed by atoms with Gasteiger partial charge in [0.2, 0.25) is 0 Å². The molecule has 1 atom stereocenters. The highest BCUT2D eigenvalue weighted by Crippen LogP contribution is 2.20. The minimum Gasteiger partial charge on any atom is -0.394 e. The smallest absolute Gasteiger partial charge is 0.255 e. The molecule has 2 heterocycles. The summed E-state index contributed by atoms with van der Waals surface area (Å²) in [5.74, 6) is -0.292. The van der Waals surface area contributed by atoms with E-state index in [1.807, 2.05) is 0 Å². The lowest BCUT2D eigenvalue weighted by Gasteiger charge is -2.15. The molecule has 0 radical (unpaired) electrons. The van der Waals surface area contributed by atoms with E-state index in [1.54, 1.807) is 23.9 Å². The fourth-order valence-corrected chi connectivity index (χ4v) is 3.22. The summed E-state index contributed by atoms with van der Waals surface area (Å²) in [4.78, 5) is 21.2. The van der Waals surface area contributed by atoms with Gasteiger partial charge in [0.25, 0.3) is 5.91 Å². The molecule has 0 aliphatic heterocycles. The topological polar surface area (TPSA) is 89.3 Å². The second-order valence-corrected chi connectivity index (χ2v) is 13.7. The van der Waals surface area contributed by atoms with Gasteiger partial charge in [-0.15, -0.1) is 0 Å². The lowest BCUT2D eigenvalue weighted by atomic mass is 10.2. The van der Waals surface area contributed by atoms with Gasteiger partial charge in [0.05, 0.1) is 18.4 Å². The van der Waals surface area contributed by atoms with Crippen LogP contribution in [-0.4, -0.2) is 52.9 Å². The Kier molecular flexibility index (Phi) is 6.72. The van der Waals surface area contributed by atoms with Crippen molar-refractivity contribution in [2.75, 3.05) is 13.2 Å². The van der Waals surface area contributed by atoms with Crippen molar-refractivity contribution in [1.29, 1.82) is 0 Å². The van der Waals surface area contributed by atoms with E-state index in [1.165, 1.54) is 0 Å². The van der Waals surface area contributed by atoms with Crippen LogP contribution in [0.15, 0.2) is 17.0 Å². The number of nitrogens with one attached hydrogen (secondary N) is 1. The van der Waals surface area contributed by atoms with Crippen LogP contribution < -0.4 is 5.32 Å². The number of carbonyl (C=O) groups excluding carboxylic acids is 1. The van der Waals surface area contributed by atoms with Crippen molar-refractivity contribution in [3.63, 3.8) is 0 Å². The first kappa shape index (κ1) is 20.0. The lowest BCUT2D eigenvalue weighted by Crippen LogP contribution is -2.34. The normalized spacial score (nSPS) is 13.2. The molecule has 0 aliphatic carbocycles. The predicted molar refractivity (Wildman–Crippen MR) is 103 cm³/mol. The quantitative estimate of drug-likeness (QED) is 0.498. The minimum absolute atomic E-state index is 0.125. The third kappa shape index (κ3) is 5.60. The maximum Gasteiger partial charge on any atom is 0.255 e. The second kappa shape index (κ2) is 8.39. The van der Waals surface area contributed by atoms with Crippen LogP contribution in [0.25, 0.3) is 11.2 Å². The summed E-state index contributed by atoms with van der Waals surface area (Å²) in [6.07, 6.45) is 3.30. The number of aliphatic hydroxyl groups is 1. The average molecular weight is 429 g/mol. The zero-order chi connectivity index (χ0) is 18.6. The molecule has 0 aromatic carbocycles. The summed E-state index contributed by atoms with van der Waals surface area (Å²) in [6, 6.07) is 0.740. The monoisotopic (exact) mass is 428 g/mol. The molecule has 0 saturated carbocycles. The first-order chi connectivity index (χ1) is 11.7. The molecule has 2 rings (SSSR count). The highest BCUT2D eigenvalue weighted by molar-refractivity contribution is 9.10. The maximum absolute atomic E-state index is 12.5. The predicted octanol–water partition coefficient (Wildman–Crippen LogP) is 2.62. The van der Waals surface area contributed by atoms with Gasteiger partial charge < -0.3 is 19.7 Å². The molecule has 0 aliphatic rings. The van der Waals surface area contributed by atoms with Gasteiger partial charge in [0.15, 0.2) is 5.65 Å². The molecule has 1 amide bonds. The standard InChI is InChI=1S/C16H25BrN4O3Si/c1-11(9-22)19-16(23)12-8-21(10-24-5-6-25(2,3)4)15-14(12)20-13(17)7-18-15/h7-8,11,22H,5-6,9-10H2,1-4H3,(H,19,23). The molecule has 25 heavy (non-hydrogen) atoms. The van der Waals surface area contributed by atoms with E-state index in [2.05, 4.69) is 50.9 Å². The van der Waals surface area contributed by atoms with E-state index in [0.717, 1.165) is 6.04 Å². The Morgan fingerprint density at radius 2 is 2.20 bits per heavy atom. The Bertz CT molecular complexity index is 745. The number of hydrogen-bond donors (Lipinski definition) is 2. The van der Waals surface area contributed by atoms with Crippen molar-refractivity contribution < 1.29 is 14.6 Å². The summed E-state index contributed by atoms with van der Waals surface area (Å²) in [7, 11) is -1.15. The third-order valence-corrected chi connectivity index (χ3v) is 5.74. The van der Waals surface area contributed by atoms with Gasteiger partial charge in [-0.05, 0) is 28.9 Å². The van der Waals surface area contributed by atoms with Gasteiger partial charge in [-0.3, -0.25) is 4.79 Å². The van der Waals surface area contributed by atoms with Crippen molar-refractivity contribution in [3.8, 4) is 0 Å². The zero-order valence-electron chi connectivity index (χ0n) is 15.0. The molecule has 0 fully saturated rings.